The SMILES string of the molecule is CC1=NNC2=[N+](C1)C1C(=O)N(Cc3ccccc3F)C(=O)N(C)C1=N2. The summed E-state index contributed by atoms with van der Waals surface area (Å²) in [7, 11) is 1.56. The van der Waals surface area contributed by atoms with Gasteiger partial charge in [-0.2, -0.15) is 5.43 Å². The Balaban J connectivity index is 1.69. The van der Waals surface area contributed by atoms with E-state index in [2.05, 4.69) is 15.5 Å². The van der Waals surface area contributed by atoms with Gasteiger partial charge in [-0.05, 0) is 13.0 Å². The molecular weight excluding hydrogens is 327 g/mol. The molecule has 0 aliphatic carbocycles. The molecule has 0 radical (unpaired) electrons. The van der Waals surface area contributed by atoms with E-state index in [4.69, 9.17) is 0 Å². The number of imide groups is 1. The minimum Gasteiger partial charge on any atom is -0.270 e. The number of rotatable bonds is 2. The van der Waals surface area contributed by atoms with E-state index in [0.717, 1.165) is 10.6 Å². The molecule has 9 heteroatoms. The zero-order valence-electron chi connectivity index (χ0n) is 13.7. The monoisotopic (exact) mass is 343 g/mol. The van der Waals surface area contributed by atoms with Crippen molar-refractivity contribution in [2.24, 2.45) is 10.1 Å². The lowest BCUT2D eigenvalue weighted by atomic mass is 10.1. The number of nitrogens with zero attached hydrogens (tertiary/aromatic N) is 5. The van der Waals surface area contributed by atoms with Gasteiger partial charge in [-0.25, -0.2) is 13.8 Å². The summed E-state index contributed by atoms with van der Waals surface area (Å²) in [5.74, 6) is -0.0818. The Kier molecular flexibility index (Phi) is 3.38. The van der Waals surface area contributed by atoms with Gasteiger partial charge in [0.1, 0.15) is 12.4 Å². The van der Waals surface area contributed by atoms with Gasteiger partial charge >= 0.3 is 12.0 Å². The molecule has 8 nitrogen and oxygen atoms in total. The fourth-order valence-corrected chi connectivity index (χ4v) is 3.14. The topological polar surface area (TPSA) is 80.4 Å². The Labute approximate surface area is 142 Å². The van der Waals surface area contributed by atoms with Crippen molar-refractivity contribution in [2.45, 2.75) is 19.5 Å². The number of nitrogens with one attached hydrogen (secondary N) is 1. The number of carbonyl (C=O) groups is 2. The standard InChI is InChI=1S/C16H15FN6O2/c1-9-7-22-12-13(18-15(22)20-19-9)21(2)16(25)23(14(12)24)8-10-5-3-4-6-11(10)17/h3-6,12H,7-8H2,1-2H3/p+1. The summed E-state index contributed by atoms with van der Waals surface area (Å²) < 4.78 is 15.7. The van der Waals surface area contributed by atoms with Crippen LogP contribution in [-0.4, -0.2) is 63.5 Å². The van der Waals surface area contributed by atoms with Crippen molar-refractivity contribution in [1.82, 2.24) is 15.2 Å². The number of hydrogen-bond donors (Lipinski definition) is 1. The number of urea groups is 1. The number of amides is 3. The lowest BCUT2D eigenvalue weighted by Gasteiger charge is -2.34. The van der Waals surface area contributed by atoms with Crippen LogP contribution in [0.5, 0.6) is 0 Å². The average molecular weight is 343 g/mol. The second-order valence-electron chi connectivity index (χ2n) is 6.14. The molecule has 1 fully saturated rings. The predicted molar refractivity (Wildman–Crippen MR) is 87.7 cm³/mol. The van der Waals surface area contributed by atoms with Crippen LogP contribution in [0.3, 0.4) is 0 Å². The molecule has 3 amide bonds. The maximum Gasteiger partial charge on any atom is 0.414 e. The van der Waals surface area contributed by atoms with Crippen LogP contribution in [-0.2, 0) is 11.3 Å². The van der Waals surface area contributed by atoms with E-state index in [-0.39, 0.29) is 12.1 Å². The second-order valence-corrected chi connectivity index (χ2v) is 6.14. The lowest BCUT2D eigenvalue weighted by molar-refractivity contribution is -0.524. The minimum absolute atomic E-state index is 0.123. The number of fused-ring (bicyclic) bond motifs is 2. The summed E-state index contributed by atoms with van der Waals surface area (Å²) >= 11 is 0. The number of amidine groups is 1. The summed E-state index contributed by atoms with van der Waals surface area (Å²) in [6.07, 6.45) is 0. The van der Waals surface area contributed by atoms with Crippen molar-refractivity contribution in [3.05, 3.63) is 35.6 Å². The highest BCUT2D eigenvalue weighted by Crippen LogP contribution is 2.22. The Morgan fingerprint density at radius 2 is 2.12 bits per heavy atom. The van der Waals surface area contributed by atoms with Crippen LogP contribution in [0.15, 0.2) is 34.4 Å². The third-order valence-corrected chi connectivity index (χ3v) is 4.44. The van der Waals surface area contributed by atoms with E-state index in [1.807, 2.05) is 6.92 Å². The third-order valence-electron chi connectivity index (χ3n) is 4.44. The summed E-state index contributed by atoms with van der Waals surface area (Å²) in [5.41, 5.74) is 3.88. The summed E-state index contributed by atoms with van der Waals surface area (Å²) in [4.78, 5) is 32.3. The number of hydrazone groups is 1. The van der Waals surface area contributed by atoms with E-state index in [1.54, 1.807) is 29.8 Å². The summed E-state index contributed by atoms with van der Waals surface area (Å²) in [6.45, 7) is 2.14. The first kappa shape index (κ1) is 15.4. The first-order chi connectivity index (χ1) is 12.0. The molecule has 1 unspecified atom stereocenters. The van der Waals surface area contributed by atoms with E-state index in [1.165, 1.54) is 11.0 Å². The van der Waals surface area contributed by atoms with Crippen molar-refractivity contribution >= 4 is 29.4 Å². The molecular formula is C16H16FN6O2+. The average Bonchev–Trinajstić information content (AvgIpc) is 2.97. The van der Waals surface area contributed by atoms with Crippen LogP contribution in [0.4, 0.5) is 9.18 Å². The van der Waals surface area contributed by atoms with E-state index < -0.39 is 23.8 Å². The van der Waals surface area contributed by atoms with E-state index in [0.29, 0.717) is 18.3 Å². The fourth-order valence-electron chi connectivity index (χ4n) is 3.14. The van der Waals surface area contributed by atoms with Crippen LogP contribution in [0.25, 0.3) is 0 Å². The molecule has 4 rings (SSSR count). The first-order valence-electron chi connectivity index (χ1n) is 7.81. The van der Waals surface area contributed by atoms with Crippen LogP contribution < -0.4 is 5.43 Å². The maximum atomic E-state index is 14.0. The minimum atomic E-state index is -0.720. The largest absolute Gasteiger partial charge is 0.414 e. The van der Waals surface area contributed by atoms with Gasteiger partial charge < -0.3 is 0 Å². The fraction of sp³-hybridized carbons (Fsp3) is 0.312. The highest BCUT2D eigenvalue weighted by molar-refractivity contribution is 6.23. The van der Waals surface area contributed by atoms with Crippen molar-refractivity contribution in [1.29, 1.82) is 0 Å². The molecule has 3 aliphatic heterocycles. The molecule has 1 N–H and O–H groups in total. The van der Waals surface area contributed by atoms with Gasteiger partial charge in [0.25, 0.3) is 5.91 Å². The Hall–Kier alpha value is -3.10. The maximum absolute atomic E-state index is 14.0. The quantitative estimate of drug-likeness (QED) is 0.787. The molecule has 128 valence electrons. The Bertz CT molecular complexity index is 890. The molecule has 3 heterocycles. The first-order valence-corrected chi connectivity index (χ1v) is 7.81. The summed E-state index contributed by atoms with van der Waals surface area (Å²) in [6, 6.07) is 4.86. The zero-order chi connectivity index (χ0) is 17.7. The Morgan fingerprint density at radius 1 is 1.36 bits per heavy atom. The highest BCUT2D eigenvalue weighted by atomic mass is 19.1. The van der Waals surface area contributed by atoms with Gasteiger partial charge in [0.15, 0.2) is 0 Å². The van der Waals surface area contributed by atoms with Gasteiger partial charge in [0, 0.05) is 12.6 Å². The normalized spacial score (nSPS) is 22.4. The molecule has 25 heavy (non-hydrogen) atoms. The molecule has 0 spiro atoms. The number of halogens is 1. The molecule has 0 aromatic heterocycles. The number of carbonyl (C=O) groups excluding carboxylic acids is 2. The predicted octanol–water partition coefficient (Wildman–Crippen LogP) is 0.348. The smallest absolute Gasteiger partial charge is 0.270 e. The van der Waals surface area contributed by atoms with Crippen molar-refractivity contribution < 1.29 is 18.6 Å². The van der Waals surface area contributed by atoms with Gasteiger partial charge in [-0.15, -0.1) is 5.10 Å². The molecule has 1 saturated heterocycles. The van der Waals surface area contributed by atoms with Gasteiger partial charge in [-0.1, -0.05) is 23.2 Å². The Morgan fingerprint density at radius 3 is 2.88 bits per heavy atom. The molecule has 3 aliphatic rings. The van der Waals surface area contributed by atoms with Gasteiger partial charge in [-0.3, -0.25) is 14.6 Å². The van der Waals surface area contributed by atoms with Crippen LogP contribution in [0, 0.1) is 5.82 Å². The molecule has 1 aromatic rings. The molecule has 1 aromatic carbocycles. The molecule has 1 atom stereocenters. The summed E-state index contributed by atoms with van der Waals surface area (Å²) in [5, 5.41) is 4.10. The van der Waals surface area contributed by atoms with Crippen LogP contribution >= 0.6 is 0 Å². The van der Waals surface area contributed by atoms with Gasteiger partial charge in [0.2, 0.25) is 11.9 Å². The molecule has 0 saturated carbocycles. The van der Waals surface area contributed by atoms with Crippen LogP contribution in [0.1, 0.15) is 12.5 Å². The number of aliphatic imine (C=N–C) groups is 1. The number of hydrogen-bond acceptors (Lipinski definition) is 5. The zero-order valence-corrected chi connectivity index (χ0v) is 13.7. The van der Waals surface area contributed by atoms with E-state index in [9.17, 15) is 14.0 Å². The van der Waals surface area contributed by atoms with Crippen LogP contribution in [0.2, 0.25) is 0 Å². The van der Waals surface area contributed by atoms with Crippen molar-refractivity contribution in [3.63, 3.8) is 0 Å². The number of guanidine groups is 1. The lowest BCUT2D eigenvalue weighted by Crippen LogP contribution is -2.63. The van der Waals surface area contributed by atoms with E-state index >= 15 is 0 Å². The van der Waals surface area contributed by atoms with Crippen molar-refractivity contribution in [3.8, 4) is 0 Å². The second kappa shape index (κ2) is 5.47. The third kappa shape index (κ3) is 2.31. The number of benzene rings is 1. The van der Waals surface area contributed by atoms with Gasteiger partial charge in [0.05, 0.1) is 12.3 Å². The number of likely N-dealkylation sites (N-methyl/N-ethyl adjacent to an activating group) is 1. The molecule has 0 bridgehead atoms. The van der Waals surface area contributed by atoms with Crippen molar-refractivity contribution in [2.75, 3.05) is 13.6 Å². The highest BCUT2D eigenvalue weighted by Gasteiger charge is 2.53.